The lowest BCUT2D eigenvalue weighted by Crippen LogP contribution is -2.21. The zero-order chi connectivity index (χ0) is 20.5. The normalized spacial score (nSPS) is 12.4. The van der Waals surface area contributed by atoms with Crippen molar-refractivity contribution in [3.63, 3.8) is 0 Å². The highest BCUT2D eigenvalue weighted by Crippen LogP contribution is 2.40. The molecule has 1 heterocycles. The van der Waals surface area contributed by atoms with E-state index in [0.29, 0.717) is 21.7 Å². The standard InChI is InChI=1S/C20H13N3O5S/c1-26-27-28-29-12-7-5-10(6-8-12)18-16-15(20(25)23-18)17(22)13-4-2-3-11(9-21)14(13)19(16)24/h2-8,22-23,25H,1H3. The summed E-state index contributed by atoms with van der Waals surface area (Å²) in [5.41, 5.74) is 1.97. The quantitative estimate of drug-likeness (QED) is 0.199. The highest BCUT2D eigenvalue weighted by atomic mass is 32.2. The predicted molar refractivity (Wildman–Crippen MR) is 103 cm³/mol. The van der Waals surface area contributed by atoms with Gasteiger partial charge in [0.25, 0.3) is 0 Å². The van der Waals surface area contributed by atoms with Crippen LogP contribution in [0.1, 0.15) is 32.6 Å². The summed E-state index contributed by atoms with van der Waals surface area (Å²) in [4.78, 5) is 21.1. The van der Waals surface area contributed by atoms with E-state index >= 15 is 0 Å². The first kappa shape index (κ1) is 18.9. The Morgan fingerprint density at radius 1 is 1.14 bits per heavy atom. The summed E-state index contributed by atoms with van der Waals surface area (Å²) in [5, 5.41) is 32.6. The molecule has 0 unspecified atom stereocenters. The minimum atomic E-state index is -0.412. The van der Waals surface area contributed by atoms with Crippen molar-refractivity contribution in [2.75, 3.05) is 7.11 Å². The fourth-order valence-electron chi connectivity index (χ4n) is 3.29. The van der Waals surface area contributed by atoms with Gasteiger partial charge in [0.2, 0.25) is 0 Å². The van der Waals surface area contributed by atoms with Crippen LogP contribution in [0.25, 0.3) is 11.3 Å². The average molecular weight is 407 g/mol. The molecule has 1 aromatic heterocycles. The van der Waals surface area contributed by atoms with Crippen molar-refractivity contribution in [1.82, 2.24) is 4.98 Å². The first-order chi connectivity index (χ1) is 14.1. The summed E-state index contributed by atoms with van der Waals surface area (Å²) >= 11 is 0.936. The van der Waals surface area contributed by atoms with Crippen LogP contribution in [0.3, 0.4) is 0 Å². The topological polar surface area (TPSA) is 128 Å². The molecule has 0 spiro atoms. The van der Waals surface area contributed by atoms with Gasteiger partial charge < -0.3 is 10.1 Å². The zero-order valence-corrected chi connectivity index (χ0v) is 15.8. The molecule has 2 aromatic carbocycles. The van der Waals surface area contributed by atoms with Crippen molar-refractivity contribution in [1.29, 1.82) is 10.7 Å². The Morgan fingerprint density at radius 2 is 1.90 bits per heavy atom. The third-order valence-corrected chi connectivity index (χ3v) is 5.10. The number of ketones is 1. The molecular formula is C20H13N3O5S. The molecule has 9 heteroatoms. The van der Waals surface area contributed by atoms with E-state index in [0.717, 1.165) is 12.0 Å². The van der Waals surface area contributed by atoms with E-state index in [2.05, 4.69) is 14.9 Å². The van der Waals surface area contributed by atoms with E-state index in [9.17, 15) is 15.2 Å². The van der Waals surface area contributed by atoms with Gasteiger partial charge in [0, 0.05) is 16.0 Å². The van der Waals surface area contributed by atoms with Gasteiger partial charge in [0.15, 0.2) is 11.7 Å². The molecule has 3 N–H and O–H groups in total. The van der Waals surface area contributed by atoms with Crippen LogP contribution < -0.4 is 0 Å². The first-order valence-corrected chi connectivity index (χ1v) is 9.07. The van der Waals surface area contributed by atoms with Crippen molar-refractivity contribution in [2.45, 2.75) is 4.90 Å². The molecule has 0 aliphatic heterocycles. The van der Waals surface area contributed by atoms with Crippen LogP contribution in [0, 0.1) is 16.7 Å². The Morgan fingerprint density at radius 3 is 2.59 bits per heavy atom. The summed E-state index contributed by atoms with van der Waals surface area (Å²) < 4.78 is 4.74. The second kappa shape index (κ2) is 7.54. The number of nitriles is 1. The molecule has 1 aliphatic rings. The first-order valence-electron chi connectivity index (χ1n) is 8.33. The predicted octanol–water partition coefficient (Wildman–Crippen LogP) is 3.74. The van der Waals surface area contributed by atoms with Crippen molar-refractivity contribution < 1.29 is 24.2 Å². The SMILES string of the molecule is COOOSc1ccc(-c2[nH]c(O)c3c2C(=O)c2c(C#N)cccc2C3=N)cc1. The number of rotatable bonds is 5. The number of aromatic nitrogens is 1. The van der Waals surface area contributed by atoms with Gasteiger partial charge in [0.1, 0.15) is 0 Å². The molecule has 29 heavy (non-hydrogen) atoms. The lowest BCUT2D eigenvalue weighted by molar-refractivity contribution is -0.447. The Balaban J connectivity index is 1.79. The molecule has 0 bridgehead atoms. The van der Waals surface area contributed by atoms with Gasteiger partial charge in [-0.3, -0.25) is 10.2 Å². The second-order valence-corrected chi connectivity index (χ2v) is 6.83. The van der Waals surface area contributed by atoms with E-state index in [1.54, 1.807) is 36.4 Å². The van der Waals surface area contributed by atoms with Gasteiger partial charge in [-0.15, -0.1) is 4.33 Å². The summed E-state index contributed by atoms with van der Waals surface area (Å²) in [6.07, 6.45) is 0. The van der Waals surface area contributed by atoms with E-state index in [1.807, 2.05) is 6.07 Å². The minimum Gasteiger partial charge on any atom is -0.494 e. The van der Waals surface area contributed by atoms with Gasteiger partial charge in [-0.25, -0.2) is 4.89 Å². The molecule has 4 rings (SSSR count). The number of carbonyl (C=O) groups excluding carboxylic acids is 1. The lowest BCUT2D eigenvalue weighted by atomic mass is 9.81. The Hall–Kier alpha value is -3.42. The van der Waals surface area contributed by atoms with Gasteiger partial charge in [0.05, 0.1) is 53.3 Å². The van der Waals surface area contributed by atoms with Gasteiger partial charge in [-0.1, -0.05) is 29.3 Å². The number of hydrogen-bond acceptors (Lipinski definition) is 8. The van der Waals surface area contributed by atoms with Crippen molar-refractivity contribution in [3.8, 4) is 23.2 Å². The summed E-state index contributed by atoms with van der Waals surface area (Å²) in [6, 6.07) is 13.7. The second-order valence-electron chi connectivity index (χ2n) is 6.05. The van der Waals surface area contributed by atoms with Crippen molar-refractivity contribution >= 4 is 23.5 Å². The van der Waals surface area contributed by atoms with Crippen LogP contribution in [0.5, 0.6) is 5.88 Å². The van der Waals surface area contributed by atoms with Crippen molar-refractivity contribution in [3.05, 3.63) is 70.3 Å². The Kier molecular flexibility index (Phi) is 4.92. The Bertz CT molecular complexity index is 1180. The van der Waals surface area contributed by atoms with Crippen LogP contribution in [0.15, 0.2) is 47.4 Å². The number of aromatic amines is 1. The molecule has 3 aromatic rings. The number of hydrogen-bond donors (Lipinski definition) is 3. The number of fused-ring (bicyclic) bond motifs is 2. The maximum atomic E-state index is 13.2. The molecule has 0 saturated carbocycles. The van der Waals surface area contributed by atoms with Crippen LogP contribution in [-0.2, 0) is 14.3 Å². The summed E-state index contributed by atoms with van der Waals surface area (Å²) in [6.45, 7) is 0. The maximum absolute atomic E-state index is 13.2. The molecule has 0 saturated heterocycles. The number of benzene rings is 2. The zero-order valence-electron chi connectivity index (χ0n) is 15.0. The van der Waals surface area contributed by atoms with Gasteiger partial charge in [-0.2, -0.15) is 5.26 Å². The number of nitrogens with one attached hydrogen (secondary N) is 2. The maximum Gasteiger partial charge on any atom is 0.199 e. The molecular weight excluding hydrogens is 394 g/mol. The monoisotopic (exact) mass is 407 g/mol. The molecule has 0 amide bonds. The van der Waals surface area contributed by atoms with Crippen LogP contribution in [-0.4, -0.2) is 28.7 Å². The van der Waals surface area contributed by atoms with E-state index in [-0.39, 0.29) is 33.8 Å². The number of nitrogens with zero attached hydrogens (tertiary/aromatic N) is 1. The summed E-state index contributed by atoms with van der Waals surface area (Å²) in [5.74, 6) is -0.679. The van der Waals surface area contributed by atoms with E-state index in [4.69, 9.17) is 9.74 Å². The molecule has 144 valence electrons. The molecule has 0 radical (unpaired) electrons. The summed E-state index contributed by atoms with van der Waals surface area (Å²) in [7, 11) is 1.31. The highest BCUT2D eigenvalue weighted by Gasteiger charge is 2.36. The Labute approximate surface area is 169 Å². The van der Waals surface area contributed by atoms with Crippen molar-refractivity contribution in [2.24, 2.45) is 0 Å². The molecule has 0 fully saturated rings. The fraction of sp³-hybridized carbons (Fsp3) is 0.0500. The molecule has 8 nitrogen and oxygen atoms in total. The average Bonchev–Trinajstić information content (AvgIpc) is 3.09. The number of H-pyrrole nitrogens is 1. The fourth-order valence-corrected chi connectivity index (χ4v) is 3.70. The van der Waals surface area contributed by atoms with Crippen LogP contribution in [0.2, 0.25) is 0 Å². The van der Waals surface area contributed by atoms with E-state index in [1.165, 1.54) is 13.2 Å². The largest absolute Gasteiger partial charge is 0.494 e. The van der Waals surface area contributed by atoms with Gasteiger partial charge in [-0.05, 0) is 23.8 Å². The molecule has 0 atom stereocenters. The third kappa shape index (κ3) is 3.10. The van der Waals surface area contributed by atoms with Crippen LogP contribution in [0.4, 0.5) is 0 Å². The number of aromatic hydroxyl groups is 1. The third-order valence-electron chi connectivity index (χ3n) is 4.51. The number of carbonyl (C=O) groups is 1. The van der Waals surface area contributed by atoms with E-state index < -0.39 is 5.78 Å². The minimum absolute atomic E-state index is 0.0102. The molecule has 1 aliphatic carbocycles. The lowest BCUT2D eigenvalue weighted by Gasteiger charge is -2.18. The smallest absolute Gasteiger partial charge is 0.199 e. The van der Waals surface area contributed by atoms with Gasteiger partial charge >= 0.3 is 0 Å². The van der Waals surface area contributed by atoms with Crippen LogP contribution >= 0.6 is 12.0 Å². The highest BCUT2D eigenvalue weighted by molar-refractivity contribution is 7.94.